The molecular formula is C14H13F4N3O3S. The van der Waals surface area contributed by atoms with Crippen LogP contribution >= 0.6 is 11.8 Å². The molecule has 1 atom stereocenters. The average molecular weight is 379 g/mol. The minimum Gasteiger partial charge on any atom is -0.478 e. The second-order valence-corrected chi connectivity index (χ2v) is 5.70. The van der Waals surface area contributed by atoms with Crippen LogP contribution in [-0.2, 0) is 4.79 Å². The second-order valence-electron chi connectivity index (χ2n) is 4.78. The Bertz CT molecular complexity index is 723. The fourth-order valence-electron chi connectivity index (χ4n) is 1.60. The first-order valence-electron chi connectivity index (χ1n) is 6.95. The van der Waals surface area contributed by atoms with Gasteiger partial charge in [-0.15, -0.1) is 10.2 Å². The molecule has 1 amide bonds. The van der Waals surface area contributed by atoms with Crippen LogP contribution in [0.2, 0.25) is 0 Å². The van der Waals surface area contributed by atoms with Gasteiger partial charge in [0.1, 0.15) is 6.54 Å². The molecule has 0 saturated heterocycles. The number of thioether (sulfide) groups is 1. The summed E-state index contributed by atoms with van der Waals surface area (Å²) in [4.78, 5) is 11.3. The summed E-state index contributed by atoms with van der Waals surface area (Å²) in [6, 6.07) is 5.78. The number of nitrogens with one attached hydrogen (secondary N) is 1. The molecular weight excluding hydrogens is 366 g/mol. The van der Waals surface area contributed by atoms with Crippen molar-refractivity contribution in [2.24, 2.45) is 0 Å². The number of halogens is 4. The summed E-state index contributed by atoms with van der Waals surface area (Å²) in [6.07, 6.45) is -5.23. The standard InChI is InChI=1S/C14H13F4N3O3S/c1-8(23-10-5-3-2-4-9(10)15)12-20-21-13(24-12)25-6-11(22)19-7-14(16,17)18/h2-5,8H,6-7H2,1H3,(H,19,22)/t8-/m1/s1. The van der Waals surface area contributed by atoms with Crippen molar-refractivity contribution in [3.8, 4) is 5.75 Å². The molecule has 0 aliphatic heterocycles. The van der Waals surface area contributed by atoms with E-state index in [1.54, 1.807) is 18.3 Å². The Labute approximate surface area is 143 Å². The van der Waals surface area contributed by atoms with Crippen LogP contribution < -0.4 is 10.1 Å². The van der Waals surface area contributed by atoms with E-state index >= 15 is 0 Å². The molecule has 0 aliphatic carbocycles. The van der Waals surface area contributed by atoms with Crippen LogP contribution in [0.15, 0.2) is 33.9 Å². The maximum absolute atomic E-state index is 13.5. The smallest absolute Gasteiger partial charge is 0.405 e. The van der Waals surface area contributed by atoms with E-state index in [0.29, 0.717) is 0 Å². The number of ether oxygens (including phenoxy) is 1. The Kier molecular flexibility index (Phi) is 6.23. The fraction of sp³-hybridized carbons (Fsp3) is 0.357. The zero-order chi connectivity index (χ0) is 18.4. The predicted octanol–water partition coefficient (Wildman–Crippen LogP) is 3.12. The normalized spacial score (nSPS) is 12.7. The van der Waals surface area contributed by atoms with Crippen molar-refractivity contribution in [1.82, 2.24) is 15.5 Å². The Morgan fingerprint density at radius 1 is 1.36 bits per heavy atom. The third kappa shape index (κ3) is 6.25. The van der Waals surface area contributed by atoms with Crippen LogP contribution in [0.4, 0.5) is 17.6 Å². The molecule has 1 aromatic carbocycles. The Balaban J connectivity index is 1.85. The Morgan fingerprint density at radius 3 is 2.76 bits per heavy atom. The number of nitrogens with zero attached hydrogens (tertiary/aromatic N) is 2. The molecule has 1 N–H and O–H groups in total. The maximum Gasteiger partial charge on any atom is 0.405 e. The van der Waals surface area contributed by atoms with Gasteiger partial charge in [-0.25, -0.2) is 4.39 Å². The molecule has 1 aromatic heterocycles. The van der Waals surface area contributed by atoms with Gasteiger partial charge in [0, 0.05) is 0 Å². The molecule has 0 fully saturated rings. The van der Waals surface area contributed by atoms with Crippen molar-refractivity contribution in [2.45, 2.75) is 24.4 Å². The van der Waals surface area contributed by atoms with E-state index in [4.69, 9.17) is 9.15 Å². The van der Waals surface area contributed by atoms with Gasteiger partial charge in [0.2, 0.25) is 5.91 Å². The zero-order valence-corrected chi connectivity index (χ0v) is 13.7. The highest BCUT2D eigenvalue weighted by molar-refractivity contribution is 7.99. The lowest BCUT2D eigenvalue weighted by atomic mass is 10.3. The van der Waals surface area contributed by atoms with Crippen LogP contribution in [0.5, 0.6) is 5.75 Å². The maximum atomic E-state index is 13.5. The van der Waals surface area contributed by atoms with E-state index in [2.05, 4.69) is 10.2 Å². The second kappa shape index (κ2) is 8.19. The molecule has 0 saturated carbocycles. The molecule has 136 valence electrons. The van der Waals surface area contributed by atoms with Crippen LogP contribution in [0.1, 0.15) is 18.9 Å². The number of hydrogen-bond acceptors (Lipinski definition) is 6. The van der Waals surface area contributed by atoms with Gasteiger partial charge < -0.3 is 14.5 Å². The lowest BCUT2D eigenvalue weighted by molar-refractivity contribution is -0.136. The van der Waals surface area contributed by atoms with E-state index in [1.807, 2.05) is 0 Å². The minimum absolute atomic E-state index is 0.00827. The van der Waals surface area contributed by atoms with Gasteiger partial charge in [0.25, 0.3) is 11.1 Å². The first-order valence-corrected chi connectivity index (χ1v) is 7.94. The molecule has 0 aliphatic rings. The van der Waals surface area contributed by atoms with Crippen molar-refractivity contribution in [1.29, 1.82) is 0 Å². The fourth-order valence-corrected chi connectivity index (χ4v) is 2.20. The van der Waals surface area contributed by atoms with Crippen LogP contribution in [0.3, 0.4) is 0 Å². The molecule has 0 unspecified atom stereocenters. The number of rotatable bonds is 7. The number of aromatic nitrogens is 2. The first kappa shape index (κ1) is 19.0. The highest BCUT2D eigenvalue weighted by Gasteiger charge is 2.27. The molecule has 0 bridgehead atoms. The monoisotopic (exact) mass is 379 g/mol. The molecule has 2 rings (SSSR count). The molecule has 1 heterocycles. The summed E-state index contributed by atoms with van der Waals surface area (Å²) >= 11 is 0.778. The number of alkyl halides is 3. The minimum atomic E-state index is -4.47. The highest BCUT2D eigenvalue weighted by Crippen LogP contribution is 2.25. The van der Waals surface area contributed by atoms with Crippen LogP contribution in [0.25, 0.3) is 0 Å². The average Bonchev–Trinajstić information content (AvgIpc) is 3.01. The van der Waals surface area contributed by atoms with Crippen molar-refractivity contribution < 1.29 is 31.5 Å². The van der Waals surface area contributed by atoms with Gasteiger partial charge in [-0.1, -0.05) is 23.9 Å². The van der Waals surface area contributed by atoms with Crippen molar-refractivity contribution in [3.63, 3.8) is 0 Å². The number of amides is 1. The number of carbonyl (C=O) groups excluding carboxylic acids is 1. The lowest BCUT2D eigenvalue weighted by Crippen LogP contribution is -2.34. The van der Waals surface area contributed by atoms with Gasteiger partial charge in [-0.2, -0.15) is 13.2 Å². The molecule has 25 heavy (non-hydrogen) atoms. The van der Waals surface area contributed by atoms with Crippen LogP contribution in [0, 0.1) is 5.82 Å². The van der Waals surface area contributed by atoms with Gasteiger partial charge in [-0.3, -0.25) is 4.79 Å². The number of carbonyl (C=O) groups is 1. The lowest BCUT2D eigenvalue weighted by Gasteiger charge is -2.11. The summed E-state index contributed by atoms with van der Waals surface area (Å²) in [5.74, 6) is -1.64. The molecule has 2 aromatic rings. The highest BCUT2D eigenvalue weighted by atomic mass is 32.2. The first-order chi connectivity index (χ1) is 11.7. The summed E-state index contributed by atoms with van der Waals surface area (Å²) in [5, 5.41) is 9.07. The van der Waals surface area contributed by atoms with Crippen molar-refractivity contribution in [3.05, 3.63) is 36.0 Å². The van der Waals surface area contributed by atoms with Crippen LogP contribution in [-0.4, -0.2) is 34.6 Å². The molecule has 6 nitrogen and oxygen atoms in total. The van der Waals surface area contributed by atoms with Gasteiger partial charge in [0.15, 0.2) is 17.7 Å². The van der Waals surface area contributed by atoms with Crippen molar-refractivity contribution >= 4 is 17.7 Å². The molecule has 0 spiro atoms. The van der Waals surface area contributed by atoms with E-state index in [9.17, 15) is 22.4 Å². The number of benzene rings is 1. The zero-order valence-electron chi connectivity index (χ0n) is 12.8. The third-order valence-electron chi connectivity index (χ3n) is 2.72. The predicted molar refractivity (Wildman–Crippen MR) is 79.5 cm³/mol. The van der Waals surface area contributed by atoms with E-state index in [-0.39, 0.29) is 22.6 Å². The number of hydrogen-bond donors (Lipinski definition) is 1. The SMILES string of the molecule is C[C@@H](Oc1ccccc1F)c1nnc(SCC(=O)NCC(F)(F)F)o1. The molecule has 0 radical (unpaired) electrons. The third-order valence-corrected chi connectivity index (χ3v) is 3.54. The van der Waals surface area contributed by atoms with Crippen molar-refractivity contribution in [2.75, 3.05) is 12.3 Å². The quantitative estimate of drug-likeness (QED) is 0.588. The number of para-hydroxylation sites is 1. The van der Waals surface area contributed by atoms with E-state index < -0.39 is 30.5 Å². The molecule has 11 heteroatoms. The summed E-state index contributed by atoms with van der Waals surface area (Å²) in [7, 11) is 0. The van der Waals surface area contributed by atoms with Gasteiger partial charge in [0.05, 0.1) is 5.75 Å². The van der Waals surface area contributed by atoms with Gasteiger partial charge >= 0.3 is 6.18 Å². The van der Waals surface area contributed by atoms with E-state index in [1.165, 1.54) is 18.2 Å². The summed E-state index contributed by atoms with van der Waals surface area (Å²) < 4.78 is 60.0. The summed E-state index contributed by atoms with van der Waals surface area (Å²) in [6.45, 7) is 0.152. The Hall–Kier alpha value is -2.30. The topological polar surface area (TPSA) is 77.2 Å². The summed E-state index contributed by atoms with van der Waals surface area (Å²) in [5.41, 5.74) is 0. The van der Waals surface area contributed by atoms with Gasteiger partial charge in [-0.05, 0) is 19.1 Å². The van der Waals surface area contributed by atoms with E-state index in [0.717, 1.165) is 11.8 Å². The Morgan fingerprint density at radius 2 is 2.08 bits per heavy atom. The largest absolute Gasteiger partial charge is 0.478 e.